The van der Waals surface area contributed by atoms with Gasteiger partial charge in [-0.2, -0.15) is 5.10 Å². The maximum absolute atomic E-state index is 6.05. The van der Waals surface area contributed by atoms with Crippen LogP contribution in [0.3, 0.4) is 0 Å². The van der Waals surface area contributed by atoms with Crippen molar-refractivity contribution in [2.75, 3.05) is 13.2 Å². The van der Waals surface area contributed by atoms with E-state index in [4.69, 9.17) is 10.5 Å². The highest BCUT2D eigenvalue weighted by Gasteiger charge is 2.05. The van der Waals surface area contributed by atoms with Gasteiger partial charge < -0.3 is 10.5 Å². The fraction of sp³-hybridized carbons (Fsp3) is 0.750. The predicted octanol–water partition coefficient (Wildman–Crippen LogP) is 1.59. The van der Waals surface area contributed by atoms with Crippen LogP contribution in [-0.4, -0.2) is 29.0 Å². The van der Waals surface area contributed by atoms with Crippen LogP contribution in [0.5, 0.6) is 0 Å². The quantitative estimate of drug-likeness (QED) is 0.684. The molecule has 0 aromatic carbocycles. The van der Waals surface area contributed by atoms with Gasteiger partial charge in [0.05, 0.1) is 6.20 Å². The van der Waals surface area contributed by atoms with Crippen molar-refractivity contribution >= 4 is 0 Å². The van der Waals surface area contributed by atoms with Crippen molar-refractivity contribution in [3.63, 3.8) is 0 Å². The number of aryl methyl sites for hydroxylation is 1. The first-order valence-corrected chi connectivity index (χ1v) is 6.10. The second-order valence-electron chi connectivity index (χ2n) is 4.01. The lowest BCUT2D eigenvalue weighted by atomic mass is 10.1. The van der Waals surface area contributed by atoms with E-state index in [0.29, 0.717) is 0 Å². The predicted molar refractivity (Wildman–Crippen MR) is 65.3 cm³/mol. The molecule has 92 valence electrons. The maximum Gasteiger partial charge on any atom is 0.0522 e. The number of hydrogen-bond acceptors (Lipinski definition) is 3. The Morgan fingerprint density at radius 2 is 2.31 bits per heavy atom. The third-order valence-electron chi connectivity index (χ3n) is 2.58. The highest BCUT2D eigenvalue weighted by molar-refractivity contribution is 5.05. The van der Waals surface area contributed by atoms with Crippen LogP contribution in [-0.2, 0) is 17.7 Å². The van der Waals surface area contributed by atoms with E-state index in [1.165, 1.54) is 5.56 Å². The van der Waals surface area contributed by atoms with E-state index >= 15 is 0 Å². The van der Waals surface area contributed by atoms with Crippen LogP contribution in [0.1, 0.15) is 32.3 Å². The normalized spacial score (nSPS) is 12.9. The van der Waals surface area contributed by atoms with Gasteiger partial charge in [-0.25, -0.2) is 0 Å². The van der Waals surface area contributed by atoms with E-state index in [1.807, 2.05) is 17.8 Å². The van der Waals surface area contributed by atoms with Crippen LogP contribution in [0, 0.1) is 0 Å². The van der Waals surface area contributed by atoms with Crippen molar-refractivity contribution < 1.29 is 4.74 Å². The molecule has 0 aliphatic carbocycles. The van der Waals surface area contributed by atoms with Gasteiger partial charge in [0.2, 0.25) is 0 Å². The topological polar surface area (TPSA) is 53.1 Å². The minimum Gasteiger partial charge on any atom is -0.382 e. The van der Waals surface area contributed by atoms with E-state index in [0.717, 1.165) is 39.0 Å². The average Bonchev–Trinajstić information content (AvgIpc) is 2.72. The molecule has 0 amide bonds. The number of ether oxygens (including phenoxy) is 1. The van der Waals surface area contributed by atoms with Gasteiger partial charge in [0.1, 0.15) is 0 Å². The van der Waals surface area contributed by atoms with Crippen LogP contribution in [0.15, 0.2) is 12.4 Å². The molecule has 1 unspecified atom stereocenters. The van der Waals surface area contributed by atoms with Crippen LogP contribution in [0.25, 0.3) is 0 Å². The molecule has 1 heterocycles. The van der Waals surface area contributed by atoms with Crippen LogP contribution in [0.4, 0.5) is 0 Å². The van der Waals surface area contributed by atoms with Crippen LogP contribution >= 0.6 is 0 Å². The molecule has 0 radical (unpaired) electrons. The lowest BCUT2D eigenvalue weighted by Crippen LogP contribution is -2.23. The SMILES string of the molecule is CCOCCCC(N)Cc1cnn(CC)c1. The molecule has 0 aliphatic rings. The summed E-state index contributed by atoms with van der Waals surface area (Å²) in [6, 6.07) is 0.218. The van der Waals surface area contributed by atoms with Gasteiger partial charge in [-0.05, 0) is 38.7 Å². The molecule has 4 nitrogen and oxygen atoms in total. The third-order valence-corrected chi connectivity index (χ3v) is 2.58. The minimum atomic E-state index is 0.218. The molecule has 0 spiro atoms. The zero-order chi connectivity index (χ0) is 11.8. The fourth-order valence-corrected chi connectivity index (χ4v) is 1.68. The molecule has 2 N–H and O–H groups in total. The van der Waals surface area contributed by atoms with Crippen molar-refractivity contribution in [3.05, 3.63) is 18.0 Å². The second kappa shape index (κ2) is 7.41. The van der Waals surface area contributed by atoms with Crippen molar-refractivity contribution in [2.45, 2.75) is 45.7 Å². The number of rotatable bonds is 8. The van der Waals surface area contributed by atoms with E-state index in [-0.39, 0.29) is 6.04 Å². The molecule has 1 aromatic rings. The molecule has 0 fully saturated rings. The van der Waals surface area contributed by atoms with Gasteiger partial charge in [0.15, 0.2) is 0 Å². The highest BCUT2D eigenvalue weighted by Crippen LogP contribution is 2.05. The summed E-state index contributed by atoms with van der Waals surface area (Å²) in [6.07, 6.45) is 6.94. The minimum absolute atomic E-state index is 0.218. The summed E-state index contributed by atoms with van der Waals surface area (Å²) in [5, 5.41) is 4.23. The lowest BCUT2D eigenvalue weighted by Gasteiger charge is -2.09. The van der Waals surface area contributed by atoms with Crippen LogP contribution in [0.2, 0.25) is 0 Å². The van der Waals surface area contributed by atoms with Crippen molar-refractivity contribution in [1.29, 1.82) is 0 Å². The average molecular weight is 225 g/mol. The van der Waals surface area contributed by atoms with Crippen molar-refractivity contribution in [3.8, 4) is 0 Å². The number of aromatic nitrogens is 2. The molecule has 16 heavy (non-hydrogen) atoms. The smallest absolute Gasteiger partial charge is 0.0522 e. The summed E-state index contributed by atoms with van der Waals surface area (Å²) in [5.74, 6) is 0. The molecule has 0 bridgehead atoms. The molecule has 1 atom stereocenters. The summed E-state index contributed by atoms with van der Waals surface area (Å²) >= 11 is 0. The second-order valence-corrected chi connectivity index (χ2v) is 4.01. The first-order chi connectivity index (χ1) is 7.76. The zero-order valence-electron chi connectivity index (χ0n) is 10.4. The van der Waals surface area contributed by atoms with E-state index in [2.05, 4.69) is 18.2 Å². The Balaban J connectivity index is 2.20. The summed E-state index contributed by atoms with van der Waals surface area (Å²) in [4.78, 5) is 0. The Labute approximate surface area is 97.8 Å². The molecule has 4 heteroatoms. The number of nitrogens with zero attached hydrogens (tertiary/aromatic N) is 2. The van der Waals surface area contributed by atoms with E-state index in [1.54, 1.807) is 0 Å². The fourth-order valence-electron chi connectivity index (χ4n) is 1.68. The maximum atomic E-state index is 6.05. The summed E-state index contributed by atoms with van der Waals surface area (Å²) in [5.41, 5.74) is 7.27. The molecule has 0 aliphatic heterocycles. The Kier molecular flexibility index (Phi) is 6.11. The van der Waals surface area contributed by atoms with E-state index < -0.39 is 0 Å². The summed E-state index contributed by atoms with van der Waals surface area (Å²) in [6.45, 7) is 6.62. The van der Waals surface area contributed by atoms with Crippen molar-refractivity contribution in [2.24, 2.45) is 5.73 Å². The molecular formula is C12H23N3O. The Morgan fingerprint density at radius 1 is 1.50 bits per heavy atom. The van der Waals surface area contributed by atoms with Gasteiger partial charge in [-0.3, -0.25) is 4.68 Å². The van der Waals surface area contributed by atoms with E-state index in [9.17, 15) is 0 Å². The molecule has 1 rings (SSSR count). The Morgan fingerprint density at radius 3 is 2.94 bits per heavy atom. The molecule has 1 aromatic heterocycles. The van der Waals surface area contributed by atoms with Gasteiger partial charge in [-0.1, -0.05) is 0 Å². The molecule has 0 saturated heterocycles. The van der Waals surface area contributed by atoms with Gasteiger partial charge in [0.25, 0.3) is 0 Å². The number of nitrogens with two attached hydrogens (primary N) is 1. The summed E-state index contributed by atoms with van der Waals surface area (Å²) in [7, 11) is 0. The summed E-state index contributed by atoms with van der Waals surface area (Å²) < 4.78 is 7.22. The Hall–Kier alpha value is -0.870. The third kappa shape index (κ3) is 4.77. The van der Waals surface area contributed by atoms with Crippen molar-refractivity contribution in [1.82, 2.24) is 9.78 Å². The Bertz CT molecular complexity index is 286. The standard InChI is InChI=1S/C12H23N3O/c1-3-15-10-11(9-14-15)8-12(13)6-5-7-16-4-2/h9-10,12H,3-8,13H2,1-2H3. The van der Waals surface area contributed by atoms with Gasteiger partial charge >= 0.3 is 0 Å². The van der Waals surface area contributed by atoms with Gasteiger partial charge in [-0.15, -0.1) is 0 Å². The first-order valence-electron chi connectivity index (χ1n) is 6.10. The van der Waals surface area contributed by atoms with Gasteiger partial charge in [0, 0.05) is 32.0 Å². The number of hydrogen-bond donors (Lipinski definition) is 1. The molecule has 0 saturated carbocycles. The highest BCUT2D eigenvalue weighted by atomic mass is 16.5. The van der Waals surface area contributed by atoms with Crippen LogP contribution < -0.4 is 5.73 Å². The molecular weight excluding hydrogens is 202 g/mol. The first kappa shape index (κ1) is 13.2. The lowest BCUT2D eigenvalue weighted by molar-refractivity contribution is 0.142. The largest absolute Gasteiger partial charge is 0.382 e. The zero-order valence-corrected chi connectivity index (χ0v) is 10.4. The monoisotopic (exact) mass is 225 g/mol.